The van der Waals surface area contributed by atoms with Crippen molar-refractivity contribution < 1.29 is 0 Å². The second kappa shape index (κ2) is 15.1. The van der Waals surface area contributed by atoms with Gasteiger partial charge in [-0.3, -0.25) is 0 Å². The van der Waals surface area contributed by atoms with E-state index in [0.29, 0.717) is 5.38 Å². The second-order valence-corrected chi connectivity index (χ2v) is 6.19. The van der Waals surface area contributed by atoms with Crippen molar-refractivity contribution in [3.63, 3.8) is 0 Å². The van der Waals surface area contributed by atoms with Crippen LogP contribution < -0.4 is 0 Å². The van der Waals surface area contributed by atoms with E-state index in [1.807, 2.05) is 0 Å². The van der Waals surface area contributed by atoms with Crippen LogP contribution in [0.15, 0.2) is 12.2 Å². The predicted octanol–water partition coefficient (Wildman–Crippen LogP) is 6.87. The second-order valence-electron chi connectivity index (χ2n) is 5.45. The molecule has 0 saturated heterocycles. The highest BCUT2D eigenvalue weighted by molar-refractivity contribution is 6.20. The maximum Gasteiger partial charge on any atom is 0.0307 e. The van der Waals surface area contributed by atoms with Crippen molar-refractivity contribution >= 4 is 11.6 Å². The van der Waals surface area contributed by atoms with E-state index in [9.17, 15) is 0 Å². The van der Waals surface area contributed by atoms with Crippen LogP contribution in [0, 0.1) is 0 Å². The van der Waals surface area contributed by atoms with Gasteiger partial charge in [-0.1, -0.05) is 64.0 Å². The molecule has 0 nitrogen and oxygen atoms in total. The molecule has 1 atom stereocenters. The number of alkyl halides is 1. The molecule has 0 aromatic rings. The topological polar surface area (TPSA) is 0 Å². The summed E-state index contributed by atoms with van der Waals surface area (Å²) in [6.45, 7) is 4.36. The van der Waals surface area contributed by atoms with Crippen molar-refractivity contribution in [1.82, 2.24) is 0 Å². The molecule has 1 heteroatoms. The van der Waals surface area contributed by atoms with E-state index in [2.05, 4.69) is 26.0 Å². The first-order valence-corrected chi connectivity index (χ1v) is 8.50. The lowest BCUT2D eigenvalue weighted by molar-refractivity contribution is 0.594. The van der Waals surface area contributed by atoms with Gasteiger partial charge in [0, 0.05) is 5.38 Å². The molecule has 0 aromatic heterocycles. The molecule has 0 saturated carbocycles. The molecule has 0 bridgehead atoms. The summed E-state index contributed by atoms with van der Waals surface area (Å²) in [6.07, 6.45) is 20.8. The van der Waals surface area contributed by atoms with Crippen LogP contribution in [0.5, 0.6) is 0 Å². The summed E-state index contributed by atoms with van der Waals surface area (Å²) in [4.78, 5) is 0. The molecule has 18 heavy (non-hydrogen) atoms. The Bertz CT molecular complexity index is 172. The largest absolute Gasteiger partial charge is 0.123 e. The third kappa shape index (κ3) is 16.0. The van der Waals surface area contributed by atoms with Crippen molar-refractivity contribution in [2.24, 2.45) is 0 Å². The highest BCUT2D eigenvalue weighted by Crippen LogP contribution is 2.11. The van der Waals surface area contributed by atoms with Crippen LogP contribution >= 0.6 is 11.6 Å². The highest BCUT2D eigenvalue weighted by atomic mass is 35.5. The van der Waals surface area contributed by atoms with E-state index in [1.165, 1.54) is 77.0 Å². The number of hydrogen-bond donors (Lipinski definition) is 0. The van der Waals surface area contributed by atoms with E-state index in [-0.39, 0.29) is 0 Å². The number of allylic oxidation sites excluding steroid dienone is 2. The average molecular weight is 273 g/mol. The molecule has 0 aliphatic carbocycles. The normalized spacial score (nSPS) is 13.3. The summed E-state index contributed by atoms with van der Waals surface area (Å²) < 4.78 is 0. The van der Waals surface area contributed by atoms with Gasteiger partial charge >= 0.3 is 0 Å². The summed E-state index contributed by atoms with van der Waals surface area (Å²) in [5.74, 6) is 0. The Morgan fingerprint density at radius 2 is 1.28 bits per heavy atom. The molecule has 1 unspecified atom stereocenters. The van der Waals surface area contributed by atoms with Crippen LogP contribution in [0.4, 0.5) is 0 Å². The van der Waals surface area contributed by atoms with E-state index >= 15 is 0 Å². The van der Waals surface area contributed by atoms with Crippen molar-refractivity contribution in [1.29, 1.82) is 0 Å². The zero-order valence-corrected chi connectivity index (χ0v) is 13.4. The minimum absolute atomic E-state index is 0.362. The summed E-state index contributed by atoms with van der Waals surface area (Å²) in [6, 6.07) is 0. The molecule has 0 fully saturated rings. The molecule has 0 spiro atoms. The van der Waals surface area contributed by atoms with Crippen LogP contribution in [0.2, 0.25) is 0 Å². The molecule has 0 aromatic carbocycles. The smallest absolute Gasteiger partial charge is 0.0307 e. The lowest BCUT2D eigenvalue weighted by atomic mass is 10.1. The fourth-order valence-corrected chi connectivity index (χ4v) is 2.30. The Labute approximate surface area is 120 Å². The van der Waals surface area contributed by atoms with Crippen LogP contribution in [-0.2, 0) is 0 Å². The molecule has 0 amide bonds. The van der Waals surface area contributed by atoms with Gasteiger partial charge in [-0.05, 0) is 39.0 Å². The van der Waals surface area contributed by atoms with Gasteiger partial charge in [-0.2, -0.15) is 0 Å². The van der Waals surface area contributed by atoms with Gasteiger partial charge in [0.05, 0.1) is 0 Å². The highest BCUT2D eigenvalue weighted by Gasteiger charge is 1.95. The molecule has 0 aliphatic rings. The fraction of sp³-hybridized carbons (Fsp3) is 0.882. The standard InChI is InChI=1S/C17H33Cl/c1-3-4-5-6-7-8-9-10-11-12-13-14-15-16-17(2)18/h8-9,17H,3-7,10-16H2,1-2H3/b9-8-. The summed E-state index contributed by atoms with van der Waals surface area (Å²) >= 11 is 5.91. The summed E-state index contributed by atoms with van der Waals surface area (Å²) in [7, 11) is 0. The Kier molecular flexibility index (Phi) is 15.1. The van der Waals surface area contributed by atoms with Crippen LogP contribution in [0.25, 0.3) is 0 Å². The maximum absolute atomic E-state index is 5.91. The van der Waals surface area contributed by atoms with Gasteiger partial charge < -0.3 is 0 Å². The van der Waals surface area contributed by atoms with E-state index in [1.54, 1.807) is 0 Å². The fourth-order valence-electron chi connectivity index (χ4n) is 2.14. The van der Waals surface area contributed by atoms with E-state index in [4.69, 9.17) is 11.6 Å². The molecular weight excluding hydrogens is 240 g/mol. The van der Waals surface area contributed by atoms with Gasteiger partial charge in [-0.15, -0.1) is 11.6 Å². The lowest BCUT2D eigenvalue weighted by Gasteiger charge is -2.02. The lowest BCUT2D eigenvalue weighted by Crippen LogP contribution is -1.89. The Balaban J connectivity index is 3.04. The van der Waals surface area contributed by atoms with Gasteiger partial charge in [0.1, 0.15) is 0 Å². The molecule has 0 rings (SSSR count). The van der Waals surface area contributed by atoms with Crippen LogP contribution in [-0.4, -0.2) is 5.38 Å². The predicted molar refractivity (Wildman–Crippen MR) is 85.5 cm³/mol. The van der Waals surface area contributed by atoms with Crippen molar-refractivity contribution in [2.45, 2.75) is 96.3 Å². The number of unbranched alkanes of at least 4 members (excludes halogenated alkanes) is 9. The zero-order valence-electron chi connectivity index (χ0n) is 12.6. The van der Waals surface area contributed by atoms with Crippen molar-refractivity contribution in [3.8, 4) is 0 Å². The first-order valence-electron chi connectivity index (χ1n) is 8.06. The third-order valence-electron chi connectivity index (χ3n) is 3.36. The maximum atomic E-state index is 5.91. The quantitative estimate of drug-likeness (QED) is 0.195. The first-order chi connectivity index (χ1) is 8.77. The van der Waals surface area contributed by atoms with Gasteiger partial charge in [-0.25, -0.2) is 0 Å². The molecular formula is C17H33Cl. The molecule has 0 N–H and O–H groups in total. The average Bonchev–Trinajstić information content (AvgIpc) is 2.34. The van der Waals surface area contributed by atoms with Crippen molar-refractivity contribution in [2.75, 3.05) is 0 Å². The summed E-state index contributed by atoms with van der Waals surface area (Å²) in [5, 5.41) is 0.362. The molecule has 0 radical (unpaired) electrons. The van der Waals surface area contributed by atoms with Crippen LogP contribution in [0.1, 0.15) is 90.9 Å². The molecule has 0 aliphatic heterocycles. The van der Waals surface area contributed by atoms with Crippen molar-refractivity contribution in [3.05, 3.63) is 12.2 Å². The zero-order chi connectivity index (χ0) is 13.5. The van der Waals surface area contributed by atoms with Gasteiger partial charge in [0.15, 0.2) is 0 Å². The number of hydrogen-bond acceptors (Lipinski definition) is 0. The third-order valence-corrected chi connectivity index (χ3v) is 3.58. The van der Waals surface area contributed by atoms with Gasteiger partial charge in [0.2, 0.25) is 0 Å². The monoisotopic (exact) mass is 272 g/mol. The number of halogens is 1. The van der Waals surface area contributed by atoms with E-state index < -0.39 is 0 Å². The Hall–Kier alpha value is 0.0300. The molecule has 0 heterocycles. The number of rotatable bonds is 13. The minimum atomic E-state index is 0.362. The SMILES string of the molecule is CCCCCC/C=C\CCCCCCCC(C)Cl. The Morgan fingerprint density at radius 1 is 0.778 bits per heavy atom. The van der Waals surface area contributed by atoms with Crippen LogP contribution in [0.3, 0.4) is 0 Å². The van der Waals surface area contributed by atoms with E-state index in [0.717, 1.165) is 0 Å². The minimum Gasteiger partial charge on any atom is -0.123 e. The van der Waals surface area contributed by atoms with Gasteiger partial charge in [0.25, 0.3) is 0 Å². The Morgan fingerprint density at radius 3 is 1.83 bits per heavy atom. The first kappa shape index (κ1) is 18.0. The molecule has 108 valence electrons. The summed E-state index contributed by atoms with van der Waals surface area (Å²) in [5.41, 5.74) is 0.